The number of nitrogens with one attached hydrogen (secondary N) is 1. The van der Waals surface area contributed by atoms with Crippen LogP contribution in [0.5, 0.6) is 0 Å². The summed E-state index contributed by atoms with van der Waals surface area (Å²) in [5, 5.41) is 2.80. The molecule has 130 valence electrons. The molecule has 1 atom stereocenters. The maximum atomic E-state index is 13.2. The SMILES string of the molecule is Nc1ccc(Br)cc1C(=O)OC(C(=O)NC1CC1)c1ccc(F)cc1. The molecule has 0 aromatic heterocycles. The number of anilines is 1. The molecule has 1 amide bonds. The van der Waals surface area contributed by atoms with Gasteiger partial charge in [-0.1, -0.05) is 28.1 Å². The fourth-order valence-corrected chi connectivity index (χ4v) is 2.65. The molecule has 7 heteroatoms. The number of nitrogens with two attached hydrogens (primary N) is 1. The Hall–Kier alpha value is -2.41. The normalized spacial score (nSPS) is 14.6. The first kappa shape index (κ1) is 17.4. The van der Waals surface area contributed by atoms with Crippen LogP contribution in [-0.4, -0.2) is 17.9 Å². The number of rotatable bonds is 5. The minimum Gasteiger partial charge on any atom is -0.444 e. The number of nitrogen functional groups attached to an aromatic ring is 1. The van der Waals surface area contributed by atoms with Gasteiger partial charge in [-0.25, -0.2) is 9.18 Å². The number of halogens is 2. The van der Waals surface area contributed by atoms with Crippen molar-refractivity contribution < 1.29 is 18.7 Å². The lowest BCUT2D eigenvalue weighted by Gasteiger charge is -2.18. The highest BCUT2D eigenvalue weighted by Gasteiger charge is 2.31. The summed E-state index contributed by atoms with van der Waals surface area (Å²) in [5.41, 5.74) is 6.61. The number of ether oxygens (including phenoxy) is 1. The van der Waals surface area contributed by atoms with Gasteiger partial charge in [0.25, 0.3) is 5.91 Å². The van der Waals surface area contributed by atoms with Crippen molar-refractivity contribution in [3.8, 4) is 0 Å². The zero-order valence-electron chi connectivity index (χ0n) is 13.2. The summed E-state index contributed by atoms with van der Waals surface area (Å²) in [5.74, 6) is -1.59. The summed E-state index contributed by atoms with van der Waals surface area (Å²) >= 11 is 3.27. The van der Waals surface area contributed by atoms with Gasteiger partial charge in [-0.2, -0.15) is 0 Å². The summed E-state index contributed by atoms with van der Waals surface area (Å²) in [7, 11) is 0. The van der Waals surface area contributed by atoms with Crippen LogP contribution >= 0.6 is 15.9 Å². The van der Waals surface area contributed by atoms with Gasteiger partial charge < -0.3 is 15.8 Å². The van der Waals surface area contributed by atoms with Gasteiger partial charge in [-0.3, -0.25) is 4.79 Å². The van der Waals surface area contributed by atoms with Crippen molar-refractivity contribution in [1.29, 1.82) is 0 Å². The molecule has 0 radical (unpaired) electrons. The predicted molar refractivity (Wildman–Crippen MR) is 94.3 cm³/mol. The zero-order valence-corrected chi connectivity index (χ0v) is 14.8. The quantitative estimate of drug-likeness (QED) is 0.589. The Morgan fingerprint density at radius 2 is 1.88 bits per heavy atom. The lowest BCUT2D eigenvalue weighted by Crippen LogP contribution is -2.33. The maximum Gasteiger partial charge on any atom is 0.341 e. The Balaban J connectivity index is 1.85. The zero-order chi connectivity index (χ0) is 18.0. The van der Waals surface area contributed by atoms with Crippen molar-refractivity contribution in [2.24, 2.45) is 0 Å². The van der Waals surface area contributed by atoms with Crippen LogP contribution in [0.15, 0.2) is 46.9 Å². The van der Waals surface area contributed by atoms with Crippen LogP contribution < -0.4 is 11.1 Å². The van der Waals surface area contributed by atoms with E-state index in [1.165, 1.54) is 30.3 Å². The van der Waals surface area contributed by atoms with E-state index in [2.05, 4.69) is 21.2 Å². The average Bonchev–Trinajstić information content (AvgIpc) is 3.39. The second-order valence-electron chi connectivity index (χ2n) is 5.85. The van der Waals surface area contributed by atoms with Crippen LogP contribution in [0.3, 0.4) is 0 Å². The van der Waals surface area contributed by atoms with Gasteiger partial charge in [0, 0.05) is 21.8 Å². The lowest BCUT2D eigenvalue weighted by molar-refractivity contribution is -0.130. The number of hydrogen-bond donors (Lipinski definition) is 2. The molecule has 0 heterocycles. The topological polar surface area (TPSA) is 81.4 Å². The van der Waals surface area contributed by atoms with E-state index in [9.17, 15) is 14.0 Å². The molecular formula is C18H16BrFN2O3. The van der Waals surface area contributed by atoms with Crippen LogP contribution in [0.1, 0.15) is 34.9 Å². The van der Waals surface area contributed by atoms with Crippen LogP contribution in [0.2, 0.25) is 0 Å². The van der Waals surface area contributed by atoms with Crippen molar-refractivity contribution in [2.45, 2.75) is 25.0 Å². The molecule has 3 N–H and O–H groups in total. The van der Waals surface area contributed by atoms with E-state index >= 15 is 0 Å². The van der Waals surface area contributed by atoms with Gasteiger partial charge in [0.1, 0.15) is 5.82 Å². The molecule has 2 aromatic carbocycles. The summed E-state index contributed by atoms with van der Waals surface area (Å²) in [6, 6.07) is 10.2. The standard InChI is InChI=1S/C18H16BrFN2O3/c19-11-3-8-15(21)14(9-11)18(24)25-16(17(23)22-13-6-7-13)10-1-4-12(20)5-2-10/h1-5,8-9,13,16H,6-7,21H2,(H,22,23). The lowest BCUT2D eigenvalue weighted by atomic mass is 10.1. The van der Waals surface area contributed by atoms with Gasteiger partial charge in [0.05, 0.1) is 5.56 Å². The first-order chi connectivity index (χ1) is 11.9. The minimum atomic E-state index is -1.17. The van der Waals surface area contributed by atoms with Crippen molar-refractivity contribution in [3.63, 3.8) is 0 Å². The van der Waals surface area contributed by atoms with E-state index < -0.39 is 23.8 Å². The summed E-state index contributed by atoms with van der Waals surface area (Å²) in [6.45, 7) is 0. The molecule has 1 saturated carbocycles. The first-order valence-electron chi connectivity index (χ1n) is 7.76. The molecule has 3 rings (SSSR count). The van der Waals surface area contributed by atoms with Gasteiger partial charge in [0.15, 0.2) is 0 Å². The van der Waals surface area contributed by atoms with Gasteiger partial charge in [-0.15, -0.1) is 0 Å². The Bertz CT molecular complexity index is 806. The van der Waals surface area contributed by atoms with E-state index in [-0.39, 0.29) is 17.3 Å². The molecule has 1 aliphatic carbocycles. The molecule has 5 nitrogen and oxygen atoms in total. The maximum absolute atomic E-state index is 13.2. The third-order valence-corrected chi connectivity index (χ3v) is 4.29. The molecule has 0 bridgehead atoms. The second kappa shape index (κ2) is 7.23. The van der Waals surface area contributed by atoms with E-state index in [0.717, 1.165) is 12.8 Å². The molecule has 0 spiro atoms. The molecule has 25 heavy (non-hydrogen) atoms. The highest BCUT2D eigenvalue weighted by Crippen LogP contribution is 2.26. The smallest absolute Gasteiger partial charge is 0.341 e. The van der Waals surface area contributed by atoms with E-state index in [4.69, 9.17) is 10.5 Å². The van der Waals surface area contributed by atoms with Crippen molar-refractivity contribution in [3.05, 3.63) is 63.9 Å². The number of hydrogen-bond acceptors (Lipinski definition) is 4. The third-order valence-electron chi connectivity index (χ3n) is 3.79. The van der Waals surface area contributed by atoms with Crippen LogP contribution in [-0.2, 0) is 9.53 Å². The monoisotopic (exact) mass is 406 g/mol. The van der Waals surface area contributed by atoms with Crippen LogP contribution in [0, 0.1) is 5.82 Å². The molecule has 1 aliphatic rings. The van der Waals surface area contributed by atoms with Crippen LogP contribution in [0.25, 0.3) is 0 Å². The highest BCUT2D eigenvalue weighted by atomic mass is 79.9. The minimum absolute atomic E-state index is 0.102. The van der Waals surface area contributed by atoms with Crippen molar-refractivity contribution in [2.75, 3.05) is 5.73 Å². The van der Waals surface area contributed by atoms with Crippen LogP contribution in [0.4, 0.5) is 10.1 Å². The van der Waals surface area contributed by atoms with Gasteiger partial charge in [0.2, 0.25) is 6.10 Å². The summed E-state index contributed by atoms with van der Waals surface area (Å²) in [4.78, 5) is 25.0. The number of carbonyl (C=O) groups is 2. The van der Waals surface area contributed by atoms with Gasteiger partial charge in [-0.05, 0) is 43.2 Å². The van der Waals surface area contributed by atoms with E-state index in [1.807, 2.05) is 0 Å². The molecular weight excluding hydrogens is 391 g/mol. The average molecular weight is 407 g/mol. The number of benzene rings is 2. The molecule has 1 fully saturated rings. The molecule has 0 saturated heterocycles. The molecule has 2 aromatic rings. The predicted octanol–water partition coefficient (Wildman–Crippen LogP) is 3.35. The Labute approximate surface area is 152 Å². The van der Waals surface area contributed by atoms with Gasteiger partial charge >= 0.3 is 5.97 Å². The van der Waals surface area contributed by atoms with Crippen molar-refractivity contribution >= 4 is 33.5 Å². The van der Waals surface area contributed by atoms with Crippen molar-refractivity contribution in [1.82, 2.24) is 5.32 Å². The second-order valence-corrected chi connectivity index (χ2v) is 6.77. The number of esters is 1. The third kappa shape index (κ3) is 4.36. The fourth-order valence-electron chi connectivity index (χ4n) is 2.29. The highest BCUT2D eigenvalue weighted by molar-refractivity contribution is 9.10. The summed E-state index contributed by atoms with van der Waals surface area (Å²) in [6.07, 6.45) is 0.620. The molecule has 0 aliphatic heterocycles. The Kier molecular flexibility index (Phi) is 5.03. The number of amides is 1. The summed E-state index contributed by atoms with van der Waals surface area (Å²) < 4.78 is 19.2. The molecule has 1 unspecified atom stereocenters. The van der Waals surface area contributed by atoms with E-state index in [0.29, 0.717) is 10.0 Å². The largest absolute Gasteiger partial charge is 0.444 e. The first-order valence-corrected chi connectivity index (χ1v) is 8.55. The number of carbonyl (C=O) groups excluding carboxylic acids is 2. The Morgan fingerprint density at radius 3 is 2.52 bits per heavy atom. The fraction of sp³-hybridized carbons (Fsp3) is 0.222. The Morgan fingerprint density at radius 1 is 1.20 bits per heavy atom. The van der Waals surface area contributed by atoms with E-state index in [1.54, 1.807) is 12.1 Å².